The van der Waals surface area contributed by atoms with E-state index >= 15 is 0 Å². The highest BCUT2D eigenvalue weighted by atomic mass is 16.2. The molecule has 1 aromatic carbocycles. The zero-order valence-electron chi connectivity index (χ0n) is 18.2. The largest absolute Gasteiger partial charge is 0.365 e. The summed E-state index contributed by atoms with van der Waals surface area (Å²) in [6, 6.07) is 8.47. The number of nitrogens with one attached hydrogen (secondary N) is 1. The molecule has 0 unspecified atom stereocenters. The second-order valence-corrected chi connectivity index (χ2v) is 8.58. The van der Waals surface area contributed by atoms with Crippen LogP contribution < -0.4 is 10.2 Å². The van der Waals surface area contributed by atoms with E-state index < -0.39 is 0 Å². The number of urea groups is 1. The Morgan fingerprint density at radius 1 is 1.11 bits per heavy atom. The quantitative estimate of drug-likeness (QED) is 0.744. The van der Waals surface area contributed by atoms with E-state index in [0.717, 1.165) is 32.2 Å². The second kappa shape index (κ2) is 10.5. The molecule has 5 heteroatoms. The standard InChI is InChI=1S/C23H37N3O2/c1-6-7-20(11-8-17(2)3)22(27)24-23(28)25-14-15-26(19(5)16-25)21-12-9-18(4)10-13-21/h9-10,12-13,17,19-20H,6-8,11,14-16H2,1-5H3,(H,24,27,28)/t19-,20+/m1/s1. The molecule has 1 heterocycles. The Kier molecular flexibility index (Phi) is 8.34. The van der Waals surface area contributed by atoms with Crippen molar-refractivity contribution in [3.05, 3.63) is 29.8 Å². The molecule has 0 bridgehead atoms. The smallest absolute Gasteiger partial charge is 0.324 e. The van der Waals surface area contributed by atoms with Gasteiger partial charge in [-0.15, -0.1) is 0 Å². The minimum atomic E-state index is -0.244. The van der Waals surface area contributed by atoms with Crippen LogP contribution in [0.2, 0.25) is 0 Å². The van der Waals surface area contributed by atoms with E-state index in [1.54, 1.807) is 4.90 Å². The number of anilines is 1. The molecule has 28 heavy (non-hydrogen) atoms. The Morgan fingerprint density at radius 2 is 1.79 bits per heavy atom. The van der Waals surface area contributed by atoms with Crippen molar-refractivity contribution < 1.29 is 9.59 Å². The van der Waals surface area contributed by atoms with Crippen molar-refractivity contribution in [3.63, 3.8) is 0 Å². The second-order valence-electron chi connectivity index (χ2n) is 8.58. The Hall–Kier alpha value is -2.04. The first-order chi connectivity index (χ1) is 13.3. The van der Waals surface area contributed by atoms with Crippen molar-refractivity contribution in [2.75, 3.05) is 24.5 Å². The van der Waals surface area contributed by atoms with E-state index in [1.165, 1.54) is 11.3 Å². The average Bonchev–Trinajstić information content (AvgIpc) is 2.65. The molecule has 1 N–H and O–H groups in total. The van der Waals surface area contributed by atoms with Crippen LogP contribution in [0.3, 0.4) is 0 Å². The maximum Gasteiger partial charge on any atom is 0.324 e. The number of benzene rings is 1. The summed E-state index contributed by atoms with van der Waals surface area (Å²) in [5.41, 5.74) is 2.43. The van der Waals surface area contributed by atoms with Gasteiger partial charge in [0, 0.05) is 37.3 Å². The number of imide groups is 1. The zero-order valence-corrected chi connectivity index (χ0v) is 18.2. The lowest BCUT2D eigenvalue weighted by molar-refractivity contribution is -0.124. The van der Waals surface area contributed by atoms with E-state index in [0.29, 0.717) is 19.0 Å². The molecule has 1 aromatic rings. The predicted octanol–water partition coefficient (Wildman–Crippen LogP) is 4.59. The highest BCUT2D eigenvalue weighted by Gasteiger charge is 2.29. The molecule has 0 aromatic heterocycles. The van der Waals surface area contributed by atoms with Gasteiger partial charge in [-0.1, -0.05) is 51.3 Å². The normalized spacial score (nSPS) is 18.3. The molecule has 0 spiro atoms. The lowest BCUT2D eigenvalue weighted by Crippen LogP contribution is -2.57. The maximum absolute atomic E-state index is 12.7. The van der Waals surface area contributed by atoms with E-state index in [4.69, 9.17) is 0 Å². The van der Waals surface area contributed by atoms with Crippen LogP contribution in [0.4, 0.5) is 10.5 Å². The minimum absolute atomic E-state index is 0.0670. The number of rotatable bonds is 7. The lowest BCUT2D eigenvalue weighted by atomic mass is 9.93. The third kappa shape index (κ3) is 6.25. The molecule has 0 saturated carbocycles. The van der Waals surface area contributed by atoms with Crippen LogP contribution >= 0.6 is 0 Å². The van der Waals surface area contributed by atoms with Crippen LogP contribution in [-0.4, -0.2) is 42.5 Å². The molecular formula is C23H37N3O2. The molecule has 3 amide bonds. The Balaban J connectivity index is 1.90. The summed E-state index contributed by atoms with van der Waals surface area (Å²) in [6.45, 7) is 12.7. The summed E-state index contributed by atoms with van der Waals surface area (Å²) in [6.07, 6.45) is 3.65. The Morgan fingerprint density at radius 3 is 2.36 bits per heavy atom. The van der Waals surface area contributed by atoms with Crippen LogP contribution in [0.5, 0.6) is 0 Å². The topological polar surface area (TPSA) is 52.7 Å². The fourth-order valence-corrected chi connectivity index (χ4v) is 3.84. The fourth-order valence-electron chi connectivity index (χ4n) is 3.84. The fraction of sp³-hybridized carbons (Fsp3) is 0.652. The van der Waals surface area contributed by atoms with Gasteiger partial charge >= 0.3 is 6.03 Å². The molecule has 5 nitrogen and oxygen atoms in total. The minimum Gasteiger partial charge on any atom is -0.365 e. The molecule has 0 radical (unpaired) electrons. The molecule has 1 aliphatic rings. The van der Waals surface area contributed by atoms with Gasteiger partial charge in [0.15, 0.2) is 0 Å². The summed E-state index contributed by atoms with van der Waals surface area (Å²) < 4.78 is 0. The third-order valence-corrected chi connectivity index (χ3v) is 5.61. The lowest BCUT2D eigenvalue weighted by Gasteiger charge is -2.41. The zero-order chi connectivity index (χ0) is 20.7. The Bertz CT molecular complexity index is 642. The molecule has 1 fully saturated rings. The molecule has 0 aliphatic carbocycles. The summed E-state index contributed by atoms with van der Waals surface area (Å²) in [4.78, 5) is 29.4. The van der Waals surface area contributed by atoms with Crippen LogP contribution in [0.25, 0.3) is 0 Å². The van der Waals surface area contributed by atoms with E-state index in [9.17, 15) is 9.59 Å². The van der Waals surface area contributed by atoms with Crippen molar-refractivity contribution in [2.45, 2.75) is 66.3 Å². The summed E-state index contributed by atoms with van der Waals surface area (Å²) in [7, 11) is 0. The first-order valence-electron chi connectivity index (χ1n) is 10.7. The van der Waals surface area contributed by atoms with Crippen molar-refractivity contribution in [1.82, 2.24) is 10.2 Å². The molecular weight excluding hydrogens is 350 g/mol. The van der Waals surface area contributed by atoms with Gasteiger partial charge in [-0.2, -0.15) is 0 Å². The van der Waals surface area contributed by atoms with Crippen molar-refractivity contribution >= 4 is 17.6 Å². The van der Waals surface area contributed by atoms with Gasteiger partial charge in [0.1, 0.15) is 0 Å². The SMILES string of the molecule is CCC[C@@H](CCC(C)C)C(=O)NC(=O)N1CCN(c2ccc(C)cc2)[C@H](C)C1. The van der Waals surface area contributed by atoms with Gasteiger partial charge in [-0.05, 0) is 44.7 Å². The number of hydrogen-bond donors (Lipinski definition) is 1. The highest BCUT2D eigenvalue weighted by molar-refractivity contribution is 5.95. The van der Waals surface area contributed by atoms with Crippen LogP contribution in [0.15, 0.2) is 24.3 Å². The third-order valence-electron chi connectivity index (χ3n) is 5.61. The van der Waals surface area contributed by atoms with Crippen LogP contribution in [-0.2, 0) is 4.79 Å². The van der Waals surface area contributed by atoms with Gasteiger partial charge in [-0.25, -0.2) is 4.79 Å². The number of carbonyl (C=O) groups excluding carboxylic acids is 2. The first kappa shape index (κ1) is 22.3. The predicted molar refractivity (Wildman–Crippen MR) is 116 cm³/mol. The molecule has 156 valence electrons. The van der Waals surface area contributed by atoms with Crippen molar-refractivity contribution in [3.8, 4) is 0 Å². The molecule has 1 aliphatic heterocycles. The van der Waals surface area contributed by atoms with Gasteiger partial charge < -0.3 is 9.80 Å². The number of nitrogens with zero attached hydrogens (tertiary/aromatic N) is 2. The maximum atomic E-state index is 12.7. The van der Waals surface area contributed by atoms with Gasteiger partial charge in [0.25, 0.3) is 0 Å². The number of amides is 3. The van der Waals surface area contributed by atoms with E-state index in [2.05, 4.69) is 69.1 Å². The van der Waals surface area contributed by atoms with Gasteiger partial charge in [0.2, 0.25) is 5.91 Å². The van der Waals surface area contributed by atoms with E-state index in [-0.39, 0.29) is 23.9 Å². The first-order valence-corrected chi connectivity index (χ1v) is 10.7. The summed E-state index contributed by atoms with van der Waals surface area (Å²) in [5, 5.41) is 2.67. The number of carbonyl (C=O) groups is 2. The number of piperazine rings is 1. The summed E-state index contributed by atoms with van der Waals surface area (Å²) >= 11 is 0. The number of aryl methyl sites for hydroxylation is 1. The molecule has 2 atom stereocenters. The van der Waals surface area contributed by atoms with Crippen LogP contribution in [0, 0.1) is 18.8 Å². The average molecular weight is 388 g/mol. The van der Waals surface area contributed by atoms with E-state index in [1.807, 2.05) is 0 Å². The van der Waals surface area contributed by atoms with Crippen molar-refractivity contribution in [1.29, 1.82) is 0 Å². The highest BCUT2D eigenvalue weighted by Crippen LogP contribution is 2.22. The van der Waals surface area contributed by atoms with Crippen LogP contribution in [0.1, 0.15) is 58.9 Å². The monoisotopic (exact) mass is 387 g/mol. The molecule has 2 rings (SSSR count). The molecule has 1 saturated heterocycles. The van der Waals surface area contributed by atoms with Gasteiger partial charge in [0.05, 0.1) is 0 Å². The number of hydrogen-bond acceptors (Lipinski definition) is 3. The summed E-state index contributed by atoms with van der Waals surface area (Å²) in [5.74, 6) is 0.391. The van der Waals surface area contributed by atoms with Gasteiger partial charge in [-0.3, -0.25) is 10.1 Å². The Labute approximate surface area is 170 Å². The van der Waals surface area contributed by atoms with Crippen molar-refractivity contribution in [2.24, 2.45) is 11.8 Å².